The van der Waals surface area contributed by atoms with Crippen molar-refractivity contribution in [3.05, 3.63) is 52.4 Å². The van der Waals surface area contributed by atoms with Crippen molar-refractivity contribution in [2.75, 3.05) is 6.54 Å². The Morgan fingerprint density at radius 1 is 1.21 bits per heavy atom. The summed E-state index contributed by atoms with van der Waals surface area (Å²) in [7, 11) is 0. The molecule has 2 aromatic rings. The molecule has 0 bridgehead atoms. The number of benzene rings is 1. The summed E-state index contributed by atoms with van der Waals surface area (Å²) in [6.45, 7) is 11.9. The monoisotopic (exact) mass is 475 g/mol. The zero-order valence-electron chi connectivity index (χ0n) is 20.1. The Bertz CT molecular complexity index is 980. The van der Waals surface area contributed by atoms with Crippen LogP contribution in [0.2, 0.25) is 5.02 Å². The third-order valence-electron chi connectivity index (χ3n) is 6.13. The van der Waals surface area contributed by atoms with Gasteiger partial charge >= 0.3 is 0 Å². The number of β-amino-alcohol motifs (C(OH)–C–C–N with tert-alkyl or cyclic N) is 1. The van der Waals surface area contributed by atoms with Crippen LogP contribution in [-0.2, 0) is 15.0 Å². The van der Waals surface area contributed by atoms with E-state index in [0.29, 0.717) is 10.8 Å². The summed E-state index contributed by atoms with van der Waals surface area (Å²) in [5.41, 5.74) is 1.46. The predicted molar refractivity (Wildman–Crippen MR) is 127 cm³/mol. The third-order valence-corrected chi connectivity index (χ3v) is 6.38. The molecule has 1 fully saturated rings. The van der Waals surface area contributed by atoms with Crippen LogP contribution in [0.25, 0.3) is 0 Å². The fraction of sp³-hybridized carbons (Fsp3) is 0.560. The van der Waals surface area contributed by atoms with Crippen LogP contribution in [0.4, 0.5) is 0 Å². The average Bonchev–Trinajstić information content (AvgIpc) is 3.35. The van der Waals surface area contributed by atoms with Gasteiger partial charge in [-0.25, -0.2) is 0 Å². The van der Waals surface area contributed by atoms with Gasteiger partial charge in [-0.2, -0.15) is 0 Å². The summed E-state index contributed by atoms with van der Waals surface area (Å²) in [6.07, 6.45) is -0.567. The minimum atomic E-state index is -0.761. The highest BCUT2D eigenvalue weighted by atomic mass is 35.5. The number of aliphatic hydroxyl groups is 1. The SMILES string of the molecule is CC(C)[C@@H](C(=O)N1C[C@H](O)C[C@H]1C(=O)N[C@@H](C)c1ccc(Cl)cc1)c1cc(C(C)(C)C)no1. The molecule has 8 heteroatoms. The number of carbonyl (C=O) groups excluding carboxylic acids is 2. The number of hydrogen-bond donors (Lipinski definition) is 2. The Hall–Kier alpha value is -2.38. The van der Waals surface area contributed by atoms with E-state index in [2.05, 4.69) is 10.5 Å². The number of likely N-dealkylation sites (tertiary alicyclic amines) is 1. The van der Waals surface area contributed by atoms with Crippen molar-refractivity contribution in [2.24, 2.45) is 5.92 Å². The molecule has 1 aliphatic heterocycles. The van der Waals surface area contributed by atoms with Crippen LogP contribution in [0.5, 0.6) is 0 Å². The van der Waals surface area contributed by atoms with E-state index in [1.165, 1.54) is 4.90 Å². The first kappa shape index (κ1) is 25.2. The molecule has 3 rings (SSSR count). The van der Waals surface area contributed by atoms with Crippen LogP contribution in [0.3, 0.4) is 0 Å². The summed E-state index contributed by atoms with van der Waals surface area (Å²) in [5.74, 6) is -0.721. The second kappa shape index (κ2) is 9.85. The number of rotatable bonds is 6. The molecular formula is C25H34ClN3O4. The Balaban J connectivity index is 1.80. The Morgan fingerprint density at radius 2 is 1.85 bits per heavy atom. The highest BCUT2D eigenvalue weighted by Crippen LogP contribution is 2.33. The second-order valence-electron chi connectivity index (χ2n) is 10.3. The minimum Gasteiger partial charge on any atom is -0.391 e. The molecule has 0 spiro atoms. The van der Waals surface area contributed by atoms with E-state index >= 15 is 0 Å². The van der Waals surface area contributed by atoms with E-state index in [9.17, 15) is 14.7 Å². The van der Waals surface area contributed by atoms with Crippen LogP contribution < -0.4 is 5.32 Å². The lowest BCUT2D eigenvalue weighted by molar-refractivity contribution is -0.141. The summed E-state index contributed by atoms with van der Waals surface area (Å²) in [5, 5.41) is 18.1. The van der Waals surface area contributed by atoms with Gasteiger partial charge in [0.2, 0.25) is 11.8 Å². The first-order valence-corrected chi connectivity index (χ1v) is 11.8. The fourth-order valence-electron chi connectivity index (χ4n) is 4.15. The number of amides is 2. The zero-order chi connectivity index (χ0) is 24.5. The maximum Gasteiger partial charge on any atom is 0.243 e. The van der Waals surface area contributed by atoms with Crippen LogP contribution >= 0.6 is 11.6 Å². The van der Waals surface area contributed by atoms with E-state index in [1.54, 1.807) is 12.1 Å². The van der Waals surface area contributed by atoms with Gasteiger partial charge < -0.3 is 19.8 Å². The second-order valence-corrected chi connectivity index (χ2v) is 10.7. The number of nitrogens with one attached hydrogen (secondary N) is 1. The quantitative estimate of drug-likeness (QED) is 0.652. The first-order chi connectivity index (χ1) is 15.4. The maximum atomic E-state index is 13.6. The van der Waals surface area contributed by atoms with E-state index in [-0.39, 0.29) is 42.2 Å². The fourth-order valence-corrected chi connectivity index (χ4v) is 4.28. The number of aromatic nitrogens is 1. The molecule has 2 amide bonds. The molecule has 0 aliphatic carbocycles. The van der Waals surface area contributed by atoms with Crippen molar-refractivity contribution in [2.45, 2.75) is 77.5 Å². The van der Waals surface area contributed by atoms with E-state index in [1.807, 2.05) is 59.7 Å². The predicted octanol–water partition coefficient (Wildman–Crippen LogP) is 4.20. The molecule has 180 valence electrons. The molecule has 7 nitrogen and oxygen atoms in total. The van der Waals surface area contributed by atoms with Crippen molar-refractivity contribution in [1.82, 2.24) is 15.4 Å². The van der Waals surface area contributed by atoms with Gasteiger partial charge in [0.25, 0.3) is 0 Å². The summed E-state index contributed by atoms with van der Waals surface area (Å²) in [6, 6.07) is 8.04. The van der Waals surface area contributed by atoms with Crippen LogP contribution in [0.15, 0.2) is 34.9 Å². The zero-order valence-corrected chi connectivity index (χ0v) is 20.9. The number of carbonyl (C=O) groups is 2. The molecule has 2 N–H and O–H groups in total. The van der Waals surface area contributed by atoms with Crippen molar-refractivity contribution >= 4 is 23.4 Å². The lowest BCUT2D eigenvalue weighted by atomic mass is 9.88. The smallest absolute Gasteiger partial charge is 0.243 e. The molecule has 0 radical (unpaired) electrons. The molecule has 4 atom stereocenters. The third kappa shape index (κ3) is 5.76. The van der Waals surface area contributed by atoms with Gasteiger partial charge in [-0.15, -0.1) is 0 Å². The van der Waals surface area contributed by atoms with Gasteiger partial charge in [0.15, 0.2) is 0 Å². The molecule has 1 saturated heterocycles. The highest BCUT2D eigenvalue weighted by molar-refractivity contribution is 6.30. The molecular weight excluding hydrogens is 442 g/mol. The molecule has 0 saturated carbocycles. The Morgan fingerprint density at radius 3 is 2.39 bits per heavy atom. The number of aliphatic hydroxyl groups excluding tert-OH is 1. The van der Waals surface area contributed by atoms with Gasteiger partial charge in [-0.1, -0.05) is 63.5 Å². The van der Waals surface area contributed by atoms with Crippen LogP contribution in [0.1, 0.15) is 76.9 Å². The first-order valence-electron chi connectivity index (χ1n) is 11.4. The Labute approximate surface area is 200 Å². The summed E-state index contributed by atoms with van der Waals surface area (Å²) in [4.78, 5) is 28.3. The van der Waals surface area contributed by atoms with Crippen LogP contribution in [0, 0.1) is 5.92 Å². The van der Waals surface area contributed by atoms with Gasteiger partial charge in [0, 0.05) is 29.5 Å². The largest absolute Gasteiger partial charge is 0.391 e. The summed E-state index contributed by atoms with van der Waals surface area (Å²) < 4.78 is 5.58. The molecule has 1 aromatic carbocycles. The standard InChI is InChI=1S/C25H34ClN3O4/c1-14(2)22(20-12-21(28-33-20)25(4,5)6)24(32)29-13-18(30)11-19(29)23(31)27-15(3)16-7-9-17(26)10-8-16/h7-10,12,14-15,18-19,22,30H,11,13H2,1-6H3,(H,27,31)/t15-,18+,19-,22+/m0/s1. The molecule has 1 aliphatic rings. The number of hydrogen-bond acceptors (Lipinski definition) is 5. The van der Waals surface area contributed by atoms with Gasteiger partial charge in [-0.3, -0.25) is 9.59 Å². The maximum absolute atomic E-state index is 13.6. The van der Waals surface area contributed by atoms with E-state index in [0.717, 1.165) is 11.3 Å². The lowest BCUT2D eigenvalue weighted by Gasteiger charge is -2.29. The normalized spacial score (nSPS) is 20.7. The minimum absolute atomic E-state index is 0.0762. The van der Waals surface area contributed by atoms with Gasteiger partial charge in [-0.05, 0) is 30.5 Å². The number of nitrogens with zero attached hydrogens (tertiary/aromatic N) is 2. The number of halogens is 1. The van der Waals surface area contributed by atoms with Crippen LogP contribution in [-0.4, -0.2) is 45.7 Å². The van der Waals surface area contributed by atoms with E-state index in [4.69, 9.17) is 16.1 Å². The van der Waals surface area contributed by atoms with Crippen molar-refractivity contribution in [1.29, 1.82) is 0 Å². The van der Waals surface area contributed by atoms with Gasteiger partial charge in [0.1, 0.15) is 17.7 Å². The van der Waals surface area contributed by atoms with Crippen molar-refractivity contribution in [3.63, 3.8) is 0 Å². The summed E-state index contributed by atoms with van der Waals surface area (Å²) >= 11 is 5.96. The van der Waals surface area contributed by atoms with Crippen molar-refractivity contribution in [3.8, 4) is 0 Å². The average molecular weight is 476 g/mol. The highest BCUT2D eigenvalue weighted by Gasteiger charge is 2.43. The van der Waals surface area contributed by atoms with Gasteiger partial charge in [0.05, 0.1) is 17.8 Å². The molecule has 1 aromatic heterocycles. The Kier molecular flexibility index (Phi) is 7.54. The van der Waals surface area contributed by atoms with E-state index < -0.39 is 18.1 Å². The molecule has 33 heavy (non-hydrogen) atoms. The topological polar surface area (TPSA) is 95.7 Å². The molecule has 0 unspecified atom stereocenters. The molecule has 2 heterocycles. The lowest BCUT2D eigenvalue weighted by Crippen LogP contribution is -2.48. The van der Waals surface area contributed by atoms with Crippen molar-refractivity contribution < 1.29 is 19.2 Å².